The Bertz CT molecular complexity index is 927. The monoisotopic (exact) mass is 352 g/mol. The fourth-order valence-corrected chi connectivity index (χ4v) is 4.94. The normalized spacial score (nSPS) is 27.9. The van der Waals surface area contributed by atoms with E-state index < -0.39 is 0 Å². The minimum Gasteiger partial charge on any atom is -0.497 e. The summed E-state index contributed by atoms with van der Waals surface area (Å²) >= 11 is 0. The van der Waals surface area contributed by atoms with Gasteiger partial charge in [0, 0.05) is 29.9 Å². The summed E-state index contributed by atoms with van der Waals surface area (Å²) in [4.78, 5) is 19.0. The number of aromatic amines is 1. The standard InChI is InChI=1S/C21H24N2O3/c1-3-12-6-20(24)21-15(14-7-13(25-2)4-5-18(14)22-21)8-19-17-10-26-11-23(19)9-16(12)17/h4-5,7,12,19,22H,3,6,8-11H2,1-2H3/t12-,19?/m0/s1. The highest BCUT2D eigenvalue weighted by atomic mass is 16.5. The SMILES string of the molecule is CC[C@H]1CC(=O)c2[nH]c3ccc(OC)cc3c2CC2C3=C1CN2COC3. The van der Waals surface area contributed by atoms with E-state index in [0.29, 0.717) is 31.7 Å². The lowest BCUT2D eigenvalue weighted by Gasteiger charge is -2.31. The number of hydrogen-bond donors (Lipinski definition) is 1. The lowest BCUT2D eigenvalue weighted by Crippen LogP contribution is -2.40. The van der Waals surface area contributed by atoms with Crippen molar-refractivity contribution in [3.05, 3.63) is 40.6 Å². The third kappa shape index (κ3) is 2.27. The summed E-state index contributed by atoms with van der Waals surface area (Å²) < 4.78 is 11.2. The predicted octanol–water partition coefficient (Wildman–Crippen LogP) is 3.30. The molecule has 3 aliphatic rings. The van der Waals surface area contributed by atoms with Crippen molar-refractivity contribution in [1.29, 1.82) is 0 Å². The zero-order chi connectivity index (χ0) is 17.8. The lowest BCUT2D eigenvalue weighted by molar-refractivity contribution is 0.00481. The van der Waals surface area contributed by atoms with Crippen molar-refractivity contribution >= 4 is 16.7 Å². The molecule has 0 spiro atoms. The molecule has 5 rings (SSSR count). The van der Waals surface area contributed by atoms with Crippen molar-refractivity contribution < 1.29 is 14.3 Å². The third-order valence-electron chi connectivity index (χ3n) is 6.35. The van der Waals surface area contributed by atoms with Crippen molar-refractivity contribution in [3.8, 4) is 5.75 Å². The van der Waals surface area contributed by atoms with E-state index in [0.717, 1.165) is 47.3 Å². The van der Waals surface area contributed by atoms with E-state index in [-0.39, 0.29) is 5.78 Å². The van der Waals surface area contributed by atoms with Gasteiger partial charge in [0.1, 0.15) is 12.5 Å². The summed E-state index contributed by atoms with van der Waals surface area (Å²) in [5.41, 5.74) is 5.81. The molecule has 1 N–H and O–H groups in total. The third-order valence-corrected chi connectivity index (χ3v) is 6.35. The van der Waals surface area contributed by atoms with Gasteiger partial charge in [0.05, 0.1) is 19.4 Å². The van der Waals surface area contributed by atoms with Crippen LogP contribution in [0.4, 0.5) is 0 Å². The number of H-pyrrole nitrogens is 1. The summed E-state index contributed by atoms with van der Waals surface area (Å²) in [6.45, 7) is 4.53. The van der Waals surface area contributed by atoms with Crippen LogP contribution in [0.5, 0.6) is 5.75 Å². The topological polar surface area (TPSA) is 54.6 Å². The van der Waals surface area contributed by atoms with Crippen LogP contribution >= 0.6 is 0 Å². The first kappa shape index (κ1) is 16.1. The molecule has 0 radical (unpaired) electrons. The van der Waals surface area contributed by atoms with Crippen LogP contribution in [-0.2, 0) is 11.2 Å². The number of nitrogens with zero attached hydrogens (tertiary/aromatic N) is 1. The molecular weight excluding hydrogens is 328 g/mol. The molecule has 3 atom stereocenters. The van der Waals surface area contributed by atoms with E-state index in [1.54, 1.807) is 7.11 Å². The van der Waals surface area contributed by atoms with Gasteiger partial charge in [-0.2, -0.15) is 0 Å². The summed E-state index contributed by atoms with van der Waals surface area (Å²) in [5.74, 6) is 1.37. The minimum atomic E-state index is 0.230. The molecule has 1 aromatic heterocycles. The molecule has 136 valence electrons. The second kappa shape index (κ2) is 5.96. The number of hydrogen-bond acceptors (Lipinski definition) is 4. The second-order valence-corrected chi connectivity index (χ2v) is 7.62. The average molecular weight is 352 g/mol. The molecule has 1 aliphatic carbocycles. The van der Waals surface area contributed by atoms with Crippen molar-refractivity contribution in [2.75, 3.05) is 27.0 Å². The Balaban J connectivity index is 1.70. The van der Waals surface area contributed by atoms with Crippen LogP contribution in [-0.4, -0.2) is 48.7 Å². The van der Waals surface area contributed by atoms with Crippen LogP contribution in [0.3, 0.4) is 0 Å². The van der Waals surface area contributed by atoms with Crippen LogP contribution in [0.1, 0.15) is 35.8 Å². The maximum Gasteiger partial charge on any atom is 0.179 e. The van der Waals surface area contributed by atoms with Crippen LogP contribution in [0.25, 0.3) is 10.9 Å². The number of rotatable bonds is 2. The van der Waals surface area contributed by atoms with E-state index in [1.165, 1.54) is 11.1 Å². The number of benzene rings is 1. The zero-order valence-corrected chi connectivity index (χ0v) is 15.3. The van der Waals surface area contributed by atoms with Crippen molar-refractivity contribution in [1.82, 2.24) is 9.88 Å². The van der Waals surface area contributed by atoms with Gasteiger partial charge >= 0.3 is 0 Å². The molecule has 2 unspecified atom stereocenters. The smallest absolute Gasteiger partial charge is 0.179 e. The number of nitrogens with one attached hydrogen (secondary N) is 1. The molecule has 4 bridgehead atoms. The summed E-state index contributed by atoms with van der Waals surface area (Å²) in [5, 5.41) is 1.11. The van der Waals surface area contributed by atoms with Gasteiger partial charge in [0.25, 0.3) is 0 Å². The highest BCUT2D eigenvalue weighted by Crippen LogP contribution is 2.41. The van der Waals surface area contributed by atoms with Gasteiger partial charge in [0.2, 0.25) is 0 Å². The van der Waals surface area contributed by atoms with E-state index in [4.69, 9.17) is 9.47 Å². The van der Waals surface area contributed by atoms with Gasteiger partial charge in [-0.1, -0.05) is 6.92 Å². The van der Waals surface area contributed by atoms with E-state index >= 15 is 0 Å². The first-order chi connectivity index (χ1) is 12.7. The number of methoxy groups -OCH3 is 1. The molecule has 0 amide bonds. The molecule has 0 saturated carbocycles. The molecule has 3 heterocycles. The molecule has 1 fully saturated rings. The van der Waals surface area contributed by atoms with Crippen LogP contribution in [0.2, 0.25) is 0 Å². The maximum absolute atomic E-state index is 13.1. The summed E-state index contributed by atoms with van der Waals surface area (Å²) in [7, 11) is 1.68. The molecule has 1 saturated heterocycles. The molecular formula is C21H24N2O3. The van der Waals surface area contributed by atoms with Gasteiger partial charge in [-0.3, -0.25) is 9.69 Å². The Labute approximate surface area is 153 Å². The average Bonchev–Trinajstić information content (AvgIpc) is 3.11. The number of ether oxygens (including phenoxy) is 2. The van der Waals surface area contributed by atoms with Gasteiger partial charge in [0.15, 0.2) is 5.78 Å². The highest BCUT2D eigenvalue weighted by Gasteiger charge is 2.41. The Morgan fingerprint density at radius 3 is 3.00 bits per heavy atom. The van der Waals surface area contributed by atoms with Crippen molar-refractivity contribution in [2.24, 2.45) is 5.92 Å². The van der Waals surface area contributed by atoms with Gasteiger partial charge in [-0.05, 0) is 53.7 Å². The molecule has 2 aliphatic heterocycles. The van der Waals surface area contributed by atoms with E-state index in [1.807, 2.05) is 12.1 Å². The van der Waals surface area contributed by atoms with Crippen LogP contribution in [0, 0.1) is 5.92 Å². The Morgan fingerprint density at radius 1 is 1.31 bits per heavy atom. The fraction of sp³-hybridized carbons (Fsp3) is 0.476. The molecule has 26 heavy (non-hydrogen) atoms. The first-order valence-electron chi connectivity index (χ1n) is 9.45. The number of carbonyl (C=O) groups excluding carboxylic acids is 1. The number of Topliss-reactive ketones (excluding diaryl/α,β-unsaturated/α-hetero) is 1. The number of carbonyl (C=O) groups is 1. The highest BCUT2D eigenvalue weighted by molar-refractivity contribution is 6.03. The molecule has 1 aromatic carbocycles. The number of aromatic nitrogens is 1. The van der Waals surface area contributed by atoms with Gasteiger partial charge in [-0.15, -0.1) is 0 Å². The molecule has 5 heteroatoms. The van der Waals surface area contributed by atoms with E-state index in [2.05, 4.69) is 22.9 Å². The summed E-state index contributed by atoms with van der Waals surface area (Å²) in [6.07, 6.45) is 2.42. The Hall–Kier alpha value is -2.11. The Kier molecular flexibility index (Phi) is 3.69. The fourth-order valence-electron chi connectivity index (χ4n) is 4.94. The lowest BCUT2D eigenvalue weighted by atomic mass is 9.88. The number of ketones is 1. The molecule has 2 aromatic rings. The quantitative estimate of drug-likeness (QED) is 0.843. The van der Waals surface area contributed by atoms with Crippen LogP contribution < -0.4 is 4.74 Å². The van der Waals surface area contributed by atoms with Crippen molar-refractivity contribution in [2.45, 2.75) is 32.2 Å². The zero-order valence-electron chi connectivity index (χ0n) is 15.3. The number of fused-ring (bicyclic) bond motifs is 3. The minimum absolute atomic E-state index is 0.230. The predicted molar refractivity (Wildman–Crippen MR) is 99.6 cm³/mol. The first-order valence-corrected chi connectivity index (χ1v) is 9.45. The summed E-state index contributed by atoms with van der Waals surface area (Å²) in [6, 6.07) is 6.36. The van der Waals surface area contributed by atoms with Crippen molar-refractivity contribution in [3.63, 3.8) is 0 Å². The van der Waals surface area contributed by atoms with Gasteiger partial charge in [-0.25, -0.2) is 0 Å². The largest absolute Gasteiger partial charge is 0.497 e. The Morgan fingerprint density at radius 2 is 2.19 bits per heavy atom. The van der Waals surface area contributed by atoms with Crippen LogP contribution in [0.15, 0.2) is 29.3 Å². The van der Waals surface area contributed by atoms with Gasteiger partial charge < -0.3 is 14.5 Å². The maximum atomic E-state index is 13.1. The van der Waals surface area contributed by atoms with E-state index in [9.17, 15) is 4.79 Å². The second-order valence-electron chi connectivity index (χ2n) is 7.62. The molecule has 5 nitrogen and oxygen atoms in total.